The highest BCUT2D eigenvalue weighted by atomic mass is 16.5. The van der Waals surface area contributed by atoms with Crippen LogP contribution in [0.3, 0.4) is 0 Å². The maximum absolute atomic E-state index is 13.1. The van der Waals surface area contributed by atoms with Gasteiger partial charge in [0.2, 0.25) is 11.8 Å². The first-order chi connectivity index (χ1) is 14.4. The molecule has 3 rings (SSSR count). The first-order valence-corrected chi connectivity index (χ1v) is 10.5. The Morgan fingerprint density at radius 2 is 2.03 bits per heavy atom. The maximum Gasteiger partial charge on any atom is 0.321 e. The van der Waals surface area contributed by atoms with Crippen LogP contribution in [0.4, 0.5) is 4.79 Å². The normalized spacial score (nSPS) is 21.5. The van der Waals surface area contributed by atoms with E-state index in [0.717, 1.165) is 0 Å². The predicted octanol–water partition coefficient (Wildman–Crippen LogP) is 0.00880. The molecular weight excluding hydrogens is 388 g/mol. The van der Waals surface area contributed by atoms with E-state index in [0.29, 0.717) is 45.8 Å². The molecule has 0 aliphatic carbocycles. The largest absolute Gasteiger partial charge is 0.383 e. The SMILES string of the molecule is COCCN1C[C@H]2CN(CC(=O)NCCn3cccn3)C(=O)N2[C@@H](CC(C)C)C1=O. The molecule has 2 fully saturated rings. The van der Waals surface area contributed by atoms with Crippen molar-refractivity contribution in [3.05, 3.63) is 18.5 Å². The fourth-order valence-corrected chi connectivity index (χ4v) is 4.12. The Kier molecular flexibility index (Phi) is 7.30. The Morgan fingerprint density at radius 1 is 1.27 bits per heavy atom. The van der Waals surface area contributed by atoms with Gasteiger partial charge in [0.05, 0.1) is 19.2 Å². The van der Waals surface area contributed by atoms with Gasteiger partial charge in [0, 0.05) is 45.7 Å². The van der Waals surface area contributed by atoms with Crippen molar-refractivity contribution in [3.63, 3.8) is 0 Å². The fourth-order valence-electron chi connectivity index (χ4n) is 4.12. The van der Waals surface area contributed by atoms with Gasteiger partial charge in [0.15, 0.2) is 0 Å². The number of nitrogens with zero attached hydrogens (tertiary/aromatic N) is 5. The second-order valence-corrected chi connectivity index (χ2v) is 8.27. The van der Waals surface area contributed by atoms with E-state index in [1.54, 1.807) is 32.7 Å². The maximum atomic E-state index is 13.1. The number of amides is 4. The summed E-state index contributed by atoms with van der Waals surface area (Å²) in [7, 11) is 1.61. The van der Waals surface area contributed by atoms with E-state index in [1.165, 1.54) is 0 Å². The molecule has 0 radical (unpaired) electrons. The van der Waals surface area contributed by atoms with Crippen molar-refractivity contribution in [1.29, 1.82) is 0 Å². The van der Waals surface area contributed by atoms with Gasteiger partial charge in [-0.05, 0) is 18.4 Å². The fraction of sp³-hybridized carbons (Fsp3) is 0.700. The third-order valence-electron chi connectivity index (χ3n) is 5.50. The Morgan fingerprint density at radius 3 is 2.70 bits per heavy atom. The molecule has 10 heteroatoms. The molecule has 0 aromatic carbocycles. The minimum Gasteiger partial charge on any atom is -0.383 e. The predicted molar refractivity (Wildman–Crippen MR) is 110 cm³/mol. The number of rotatable bonds is 10. The number of piperazine rings is 1. The molecule has 0 spiro atoms. The zero-order valence-electron chi connectivity index (χ0n) is 18.0. The van der Waals surface area contributed by atoms with Crippen LogP contribution in [-0.2, 0) is 20.9 Å². The molecule has 2 aliphatic heterocycles. The molecule has 0 saturated carbocycles. The molecule has 0 bridgehead atoms. The smallest absolute Gasteiger partial charge is 0.321 e. The van der Waals surface area contributed by atoms with Gasteiger partial charge in [-0.15, -0.1) is 0 Å². The highest BCUT2D eigenvalue weighted by Crippen LogP contribution is 2.28. The standard InChI is InChI=1S/C20H32N6O4/c1-15(2)11-17-19(28)23(9-10-30-3)12-16-13-24(20(29)26(16)17)14-18(27)21-6-8-25-7-4-5-22-25/h4-5,7,15-17H,6,8-14H2,1-3H3,(H,21,27)/t16-,17-/m0/s1. The lowest BCUT2D eigenvalue weighted by molar-refractivity contribution is -0.143. The summed E-state index contributed by atoms with van der Waals surface area (Å²) in [4.78, 5) is 43.5. The average molecular weight is 421 g/mol. The van der Waals surface area contributed by atoms with Crippen LogP contribution in [0.5, 0.6) is 0 Å². The van der Waals surface area contributed by atoms with Crippen molar-refractivity contribution < 1.29 is 19.1 Å². The van der Waals surface area contributed by atoms with E-state index in [1.807, 2.05) is 26.1 Å². The van der Waals surface area contributed by atoms with Gasteiger partial charge in [-0.25, -0.2) is 4.79 Å². The Bertz CT molecular complexity index is 738. The van der Waals surface area contributed by atoms with Crippen LogP contribution in [0.1, 0.15) is 20.3 Å². The zero-order valence-corrected chi connectivity index (χ0v) is 18.0. The summed E-state index contributed by atoms with van der Waals surface area (Å²) in [6, 6.07) is 1.01. The van der Waals surface area contributed by atoms with Crippen LogP contribution in [0, 0.1) is 5.92 Å². The highest BCUT2D eigenvalue weighted by molar-refractivity contribution is 5.91. The molecule has 3 heterocycles. The van der Waals surface area contributed by atoms with E-state index in [9.17, 15) is 14.4 Å². The number of methoxy groups -OCH3 is 1. The number of carbonyl (C=O) groups excluding carboxylic acids is 3. The molecular formula is C20H32N6O4. The highest BCUT2D eigenvalue weighted by Gasteiger charge is 2.49. The minimum absolute atomic E-state index is 0.00833. The van der Waals surface area contributed by atoms with Gasteiger partial charge >= 0.3 is 6.03 Å². The summed E-state index contributed by atoms with van der Waals surface area (Å²) in [5.74, 6) is 0.0311. The summed E-state index contributed by atoms with van der Waals surface area (Å²) in [6.45, 7) is 6.97. The molecule has 1 aromatic rings. The lowest BCUT2D eigenvalue weighted by atomic mass is 9.97. The van der Waals surface area contributed by atoms with Crippen molar-refractivity contribution >= 4 is 17.8 Å². The van der Waals surface area contributed by atoms with E-state index < -0.39 is 6.04 Å². The number of fused-ring (bicyclic) bond motifs is 1. The van der Waals surface area contributed by atoms with E-state index in [2.05, 4.69) is 10.4 Å². The number of carbonyl (C=O) groups is 3. The van der Waals surface area contributed by atoms with Crippen molar-refractivity contribution in [1.82, 2.24) is 29.8 Å². The van der Waals surface area contributed by atoms with Gasteiger partial charge in [0.1, 0.15) is 12.6 Å². The molecule has 0 unspecified atom stereocenters. The van der Waals surface area contributed by atoms with Crippen LogP contribution >= 0.6 is 0 Å². The molecule has 2 atom stereocenters. The van der Waals surface area contributed by atoms with Crippen LogP contribution < -0.4 is 5.32 Å². The van der Waals surface area contributed by atoms with Gasteiger partial charge in [0.25, 0.3) is 0 Å². The monoisotopic (exact) mass is 420 g/mol. The molecule has 10 nitrogen and oxygen atoms in total. The second-order valence-electron chi connectivity index (χ2n) is 8.27. The molecule has 4 amide bonds. The summed E-state index contributed by atoms with van der Waals surface area (Å²) < 4.78 is 6.87. The number of hydrogen-bond donors (Lipinski definition) is 1. The Labute approximate surface area is 177 Å². The topological polar surface area (TPSA) is 100 Å². The Hall–Kier alpha value is -2.62. The lowest BCUT2D eigenvalue weighted by Crippen LogP contribution is -2.61. The number of hydrogen-bond acceptors (Lipinski definition) is 5. The van der Waals surface area contributed by atoms with Gasteiger partial charge < -0.3 is 24.8 Å². The summed E-state index contributed by atoms with van der Waals surface area (Å²) in [5.41, 5.74) is 0. The third-order valence-corrected chi connectivity index (χ3v) is 5.50. The molecule has 1 N–H and O–H groups in total. The average Bonchev–Trinajstić information content (AvgIpc) is 3.31. The number of ether oxygens (including phenoxy) is 1. The minimum atomic E-state index is -0.485. The molecule has 1 aromatic heterocycles. The van der Waals surface area contributed by atoms with Gasteiger partial charge in [-0.3, -0.25) is 14.3 Å². The van der Waals surface area contributed by atoms with Crippen LogP contribution in [-0.4, -0.2) is 101 Å². The van der Waals surface area contributed by atoms with Crippen molar-refractivity contribution in [2.75, 3.05) is 46.4 Å². The number of aromatic nitrogens is 2. The first-order valence-electron chi connectivity index (χ1n) is 10.5. The van der Waals surface area contributed by atoms with Crippen molar-refractivity contribution in [2.45, 2.75) is 38.9 Å². The van der Waals surface area contributed by atoms with E-state index in [-0.39, 0.29) is 36.3 Å². The molecule has 2 saturated heterocycles. The van der Waals surface area contributed by atoms with E-state index >= 15 is 0 Å². The third kappa shape index (κ3) is 5.10. The zero-order chi connectivity index (χ0) is 21.7. The first kappa shape index (κ1) is 22.1. The molecule has 30 heavy (non-hydrogen) atoms. The summed E-state index contributed by atoms with van der Waals surface area (Å²) in [5, 5.41) is 6.93. The summed E-state index contributed by atoms with van der Waals surface area (Å²) >= 11 is 0. The van der Waals surface area contributed by atoms with E-state index in [4.69, 9.17) is 4.74 Å². The van der Waals surface area contributed by atoms with Crippen LogP contribution in [0.2, 0.25) is 0 Å². The lowest BCUT2D eigenvalue weighted by Gasteiger charge is -2.42. The Balaban J connectivity index is 1.60. The van der Waals surface area contributed by atoms with Crippen LogP contribution in [0.25, 0.3) is 0 Å². The van der Waals surface area contributed by atoms with Gasteiger partial charge in [-0.1, -0.05) is 13.8 Å². The van der Waals surface area contributed by atoms with Crippen molar-refractivity contribution in [2.24, 2.45) is 5.92 Å². The van der Waals surface area contributed by atoms with Crippen molar-refractivity contribution in [3.8, 4) is 0 Å². The molecule has 2 aliphatic rings. The summed E-state index contributed by atoms with van der Waals surface area (Å²) in [6.07, 6.45) is 4.12. The second kappa shape index (κ2) is 9.92. The quantitative estimate of drug-likeness (QED) is 0.575. The van der Waals surface area contributed by atoms with Gasteiger partial charge in [-0.2, -0.15) is 5.10 Å². The number of nitrogens with one attached hydrogen (secondary N) is 1. The number of urea groups is 1. The van der Waals surface area contributed by atoms with Crippen LogP contribution in [0.15, 0.2) is 18.5 Å². The molecule has 166 valence electrons.